The predicted octanol–water partition coefficient (Wildman–Crippen LogP) is 3.43. The van der Waals surface area contributed by atoms with E-state index in [4.69, 9.17) is 9.47 Å². The number of amides is 2. The number of hydrogen-bond acceptors (Lipinski definition) is 7. The van der Waals surface area contributed by atoms with Gasteiger partial charge in [-0.05, 0) is 24.3 Å². The zero-order chi connectivity index (χ0) is 19.3. The number of benzene rings is 1. The molecule has 3 heterocycles. The lowest BCUT2D eigenvalue weighted by atomic mass is 10.2. The highest BCUT2D eigenvalue weighted by Gasteiger charge is 2.28. The van der Waals surface area contributed by atoms with Crippen LogP contribution < -0.4 is 20.1 Å². The lowest BCUT2D eigenvalue weighted by Gasteiger charge is -2.35. The fraction of sp³-hybridized carbons (Fsp3) is 0.316. The number of pyridine rings is 1. The van der Waals surface area contributed by atoms with Crippen LogP contribution in [0.25, 0.3) is 10.2 Å². The number of nitrogens with zero attached hydrogens (tertiary/aromatic N) is 3. The third kappa shape index (κ3) is 5.42. The molecule has 8 nitrogen and oxygen atoms in total. The maximum atomic E-state index is 12.9. The molecule has 1 fully saturated rings. The minimum Gasteiger partial charge on any atom is -0.494 e. The summed E-state index contributed by atoms with van der Waals surface area (Å²) in [5, 5.41) is 6.78. The number of thiazole rings is 1. The van der Waals surface area contributed by atoms with Crippen molar-refractivity contribution in [3.8, 4) is 11.5 Å². The Hall–Kier alpha value is -2.33. The van der Waals surface area contributed by atoms with E-state index in [1.54, 1.807) is 24.4 Å². The van der Waals surface area contributed by atoms with Crippen molar-refractivity contribution in [2.24, 2.45) is 0 Å². The van der Waals surface area contributed by atoms with Gasteiger partial charge < -0.3 is 19.7 Å². The zero-order valence-corrected chi connectivity index (χ0v) is 18.7. The van der Waals surface area contributed by atoms with Gasteiger partial charge in [0, 0.05) is 25.8 Å². The molecule has 1 unspecified atom stereocenters. The molecule has 2 aromatic heterocycles. The smallest absolute Gasteiger partial charge is 0.324 e. The van der Waals surface area contributed by atoms with Gasteiger partial charge in [0.25, 0.3) is 0 Å². The molecule has 1 saturated heterocycles. The summed E-state index contributed by atoms with van der Waals surface area (Å²) in [4.78, 5) is 23.2. The second-order valence-electron chi connectivity index (χ2n) is 6.31. The number of carbonyl (C=O) groups excluding carboxylic acids is 1. The Balaban J connectivity index is 0.00000160. The molecule has 1 atom stereocenters. The van der Waals surface area contributed by atoms with Crippen molar-refractivity contribution in [1.82, 2.24) is 20.2 Å². The average molecular weight is 472 g/mol. The lowest BCUT2D eigenvalue weighted by molar-refractivity contribution is 0.133. The number of fused-ring (bicyclic) bond motifs is 1. The number of anilines is 1. The van der Waals surface area contributed by atoms with Crippen LogP contribution in [0, 0.1) is 0 Å². The molecule has 4 rings (SSSR count). The summed E-state index contributed by atoms with van der Waals surface area (Å²) in [7, 11) is 1.61. The fourth-order valence-electron chi connectivity index (χ4n) is 3.11. The van der Waals surface area contributed by atoms with Crippen molar-refractivity contribution in [3.05, 3.63) is 42.7 Å². The van der Waals surface area contributed by atoms with Gasteiger partial charge in [-0.1, -0.05) is 17.4 Å². The number of rotatable bonds is 5. The molecule has 1 aromatic carbocycles. The number of urea groups is 1. The number of aromatic nitrogens is 2. The maximum Gasteiger partial charge on any atom is 0.324 e. The van der Waals surface area contributed by atoms with Gasteiger partial charge in [0.1, 0.15) is 23.6 Å². The number of methoxy groups -OCH3 is 1. The molecule has 3 aromatic rings. The van der Waals surface area contributed by atoms with Crippen LogP contribution in [-0.2, 0) is 0 Å². The van der Waals surface area contributed by atoms with Gasteiger partial charge in [0.15, 0.2) is 5.13 Å². The first-order valence-corrected chi connectivity index (χ1v) is 9.81. The molecule has 1 aliphatic rings. The average Bonchev–Trinajstić information content (AvgIpc) is 3.15. The van der Waals surface area contributed by atoms with Crippen LogP contribution in [0.3, 0.4) is 0 Å². The fourth-order valence-corrected chi connectivity index (χ4v) is 3.98. The summed E-state index contributed by atoms with van der Waals surface area (Å²) in [6.07, 6.45) is 3.36. The molecule has 0 spiro atoms. The summed E-state index contributed by atoms with van der Waals surface area (Å²) in [6.45, 7) is 2.40. The number of ether oxygens (including phenoxy) is 2. The van der Waals surface area contributed by atoms with Gasteiger partial charge in [-0.2, -0.15) is 0 Å². The highest BCUT2D eigenvalue weighted by Crippen LogP contribution is 2.32. The molecular formula is C19H23Cl2N5O3S. The molecule has 1 aliphatic heterocycles. The Labute approximate surface area is 190 Å². The highest BCUT2D eigenvalue weighted by atomic mass is 35.5. The molecule has 2 N–H and O–H groups in total. The summed E-state index contributed by atoms with van der Waals surface area (Å²) in [6, 6.07) is 9.13. The number of carbonyl (C=O) groups is 1. The summed E-state index contributed by atoms with van der Waals surface area (Å²) in [5.41, 5.74) is 0.752. The number of halogens is 2. The van der Waals surface area contributed by atoms with E-state index in [0.29, 0.717) is 36.3 Å². The van der Waals surface area contributed by atoms with Crippen LogP contribution >= 0.6 is 36.2 Å². The third-order valence-electron chi connectivity index (χ3n) is 4.50. The molecule has 0 radical (unpaired) electrons. The largest absolute Gasteiger partial charge is 0.494 e. The number of piperazine rings is 1. The Kier molecular flexibility index (Phi) is 8.91. The molecule has 0 bridgehead atoms. The molecule has 0 saturated carbocycles. The van der Waals surface area contributed by atoms with Crippen molar-refractivity contribution < 1.29 is 14.3 Å². The number of para-hydroxylation sites is 1. The van der Waals surface area contributed by atoms with Crippen LogP contribution in [0.15, 0.2) is 42.7 Å². The second-order valence-corrected chi connectivity index (χ2v) is 7.34. The minimum atomic E-state index is -0.181. The molecule has 0 aliphatic carbocycles. The minimum absolute atomic E-state index is 0. The molecular weight excluding hydrogens is 449 g/mol. The van der Waals surface area contributed by atoms with Crippen molar-refractivity contribution in [2.75, 3.05) is 38.7 Å². The van der Waals surface area contributed by atoms with Gasteiger partial charge in [-0.25, -0.2) is 9.78 Å². The monoisotopic (exact) mass is 471 g/mol. The van der Waals surface area contributed by atoms with E-state index in [-0.39, 0.29) is 36.9 Å². The van der Waals surface area contributed by atoms with Crippen LogP contribution in [0.2, 0.25) is 0 Å². The van der Waals surface area contributed by atoms with Gasteiger partial charge >= 0.3 is 6.03 Å². The second kappa shape index (κ2) is 11.2. The Morgan fingerprint density at radius 2 is 2.20 bits per heavy atom. The standard InChI is InChI=1S/C19H21N5O3S.2ClH/c1-26-15-5-2-6-16-17(15)22-18(28-16)23-19(25)24-9-8-21-10-13(24)12-27-14-4-3-7-20-11-14;;/h2-7,11,13,21H,8-10,12H2,1H3,(H,22,23,25);2*1H. The first kappa shape index (κ1) is 23.9. The lowest BCUT2D eigenvalue weighted by Crippen LogP contribution is -2.57. The molecule has 30 heavy (non-hydrogen) atoms. The SMILES string of the molecule is COc1cccc2sc(NC(=O)N3CCNCC3COc3cccnc3)nc12.Cl.Cl. The Morgan fingerprint density at radius 1 is 1.33 bits per heavy atom. The van der Waals surface area contributed by atoms with Crippen molar-refractivity contribution >= 4 is 57.5 Å². The van der Waals surface area contributed by atoms with Gasteiger partial charge in [0.2, 0.25) is 0 Å². The molecule has 11 heteroatoms. The summed E-state index contributed by atoms with van der Waals surface area (Å²) >= 11 is 1.43. The normalized spacial score (nSPS) is 15.6. The summed E-state index contributed by atoms with van der Waals surface area (Å²) in [5.74, 6) is 1.38. The van der Waals surface area contributed by atoms with Crippen LogP contribution in [0.1, 0.15) is 0 Å². The first-order chi connectivity index (χ1) is 13.7. The van der Waals surface area contributed by atoms with E-state index in [0.717, 1.165) is 16.8 Å². The number of nitrogens with one attached hydrogen (secondary N) is 2. The van der Waals surface area contributed by atoms with Gasteiger partial charge in [-0.3, -0.25) is 10.3 Å². The number of hydrogen-bond donors (Lipinski definition) is 2. The topological polar surface area (TPSA) is 88.6 Å². The van der Waals surface area contributed by atoms with Crippen molar-refractivity contribution in [1.29, 1.82) is 0 Å². The van der Waals surface area contributed by atoms with E-state index in [1.807, 2.05) is 30.3 Å². The molecule has 162 valence electrons. The quantitative estimate of drug-likeness (QED) is 0.592. The Morgan fingerprint density at radius 3 is 2.97 bits per heavy atom. The first-order valence-electron chi connectivity index (χ1n) is 8.99. The van der Waals surface area contributed by atoms with Crippen LogP contribution in [0.4, 0.5) is 9.93 Å². The van der Waals surface area contributed by atoms with Gasteiger partial charge in [0.05, 0.1) is 24.0 Å². The van der Waals surface area contributed by atoms with E-state index < -0.39 is 0 Å². The van der Waals surface area contributed by atoms with E-state index in [1.165, 1.54) is 11.3 Å². The highest BCUT2D eigenvalue weighted by molar-refractivity contribution is 7.22. The summed E-state index contributed by atoms with van der Waals surface area (Å²) < 4.78 is 12.1. The third-order valence-corrected chi connectivity index (χ3v) is 5.44. The van der Waals surface area contributed by atoms with Crippen molar-refractivity contribution in [2.45, 2.75) is 6.04 Å². The Bertz CT molecular complexity index is 960. The van der Waals surface area contributed by atoms with E-state index >= 15 is 0 Å². The van der Waals surface area contributed by atoms with Crippen LogP contribution in [-0.4, -0.2) is 60.3 Å². The van der Waals surface area contributed by atoms with E-state index in [9.17, 15) is 4.79 Å². The maximum absolute atomic E-state index is 12.9. The van der Waals surface area contributed by atoms with E-state index in [2.05, 4.69) is 20.6 Å². The van der Waals surface area contributed by atoms with Crippen LogP contribution in [0.5, 0.6) is 11.5 Å². The predicted molar refractivity (Wildman–Crippen MR) is 123 cm³/mol. The van der Waals surface area contributed by atoms with Gasteiger partial charge in [-0.15, -0.1) is 24.8 Å². The molecule has 2 amide bonds. The zero-order valence-electron chi connectivity index (χ0n) is 16.2. The van der Waals surface area contributed by atoms with Crippen molar-refractivity contribution in [3.63, 3.8) is 0 Å².